The molecule has 0 saturated carbocycles. The molecule has 146 valence electrons. The molecule has 2 rings (SSSR count). The quantitative estimate of drug-likeness (QED) is 0.310. The number of nitrogens with one attached hydrogen (secondary N) is 2. The molecule has 0 aromatic heterocycles. The molecule has 1 aliphatic rings. The van der Waals surface area contributed by atoms with Gasteiger partial charge in [0, 0.05) is 19.0 Å². The smallest absolute Gasteiger partial charge is 0.226 e. The summed E-state index contributed by atoms with van der Waals surface area (Å²) in [4.78, 5) is 18.8. The Balaban J connectivity index is 0.00000338. The number of anilines is 1. The molecule has 1 aliphatic heterocycles. The summed E-state index contributed by atoms with van der Waals surface area (Å²) in [7, 11) is 0. The number of halogens is 2. The average Bonchev–Trinajstić information content (AvgIpc) is 3.03. The van der Waals surface area contributed by atoms with Crippen molar-refractivity contribution in [1.82, 2.24) is 10.2 Å². The van der Waals surface area contributed by atoms with Gasteiger partial charge in [0.1, 0.15) is 0 Å². The van der Waals surface area contributed by atoms with Crippen LogP contribution in [0, 0.1) is 6.92 Å². The van der Waals surface area contributed by atoms with E-state index in [-0.39, 0.29) is 29.9 Å². The van der Waals surface area contributed by atoms with E-state index in [4.69, 9.17) is 17.3 Å². The lowest BCUT2D eigenvalue weighted by molar-refractivity contribution is -0.116. The highest BCUT2D eigenvalue weighted by molar-refractivity contribution is 14.0. The first-order valence-corrected chi connectivity index (χ1v) is 9.21. The van der Waals surface area contributed by atoms with Crippen molar-refractivity contribution in [2.24, 2.45) is 10.7 Å². The van der Waals surface area contributed by atoms with Crippen LogP contribution in [0.25, 0.3) is 0 Å². The zero-order valence-electron chi connectivity index (χ0n) is 15.4. The molecule has 1 aromatic rings. The Morgan fingerprint density at radius 1 is 1.46 bits per heavy atom. The maximum absolute atomic E-state index is 12.0. The Morgan fingerprint density at radius 3 is 2.92 bits per heavy atom. The summed E-state index contributed by atoms with van der Waals surface area (Å²) in [6.07, 6.45) is 2.69. The molecule has 1 saturated heterocycles. The number of hydrogen-bond donors (Lipinski definition) is 3. The van der Waals surface area contributed by atoms with Crippen LogP contribution in [-0.4, -0.2) is 49.0 Å². The zero-order chi connectivity index (χ0) is 18.2. The summed E-state index contributed by atoms with van der Waals surface area (Å²) in [6, 6.07) is 6.02. The van der Waals surface area contributed by atoms with Crippen LogP contribution >= 0.6 is 35.6 Å². The maximum Gasteiger partial charge on any atom is 0.226 e. The molecular formula is C18H29ClIN5O. The minimum atomic E-state index is -0.112. The van der Waals surface area contributed by atoms with Gasteiger partial charge in [-0.3, -0.25) is 14.7 Å². The zero-order valence-corrected chi connectivity index (χ0v) is 18.5. The number of nitrogens with zero attached hydrogens (tertiary/aromatic N) is 2. The largest absolute Gasteiger partial charge is 0.370 e. The van der Waals surface area contributed by atoms with Crippen molar-refractivity contribution in [2.45, 2.75) is 39.2 Å². The second kappa shape index (κ2) is 11.6. The predicted octanol–water partition coefficient (Wildman–Crippen LogP) is 2.98. The fraction of sp³-hybridized carbons (Fsp3) is 0.556. The van der Waals surface area contributed by atoms with Gasteiger partial charge in [-0.1, -0.05) is 24.6 Å². The number of nitrogens with two attached hydrogens (primary N) is 1. The fourth-order valence-electron chi connectivity index (χ4n) is 3.02. The van der Waals surface area contributed by atoms with E-state index in [2.05, 4.69) is 27.4 Å². The van der Waals surface area contributed by atoms with Crippen LogP contribution in [0.3, 0.4) is 0 Å². The lowest BCUT2D eigenvalue weighted by Gasteiger charge is -2.20. The van der Waals surface area contributed by atoms with Crippen LogP contribution in [0.1, 0.15) is 31.7 Å². The third-order valence-corrected chi connectivity index (χ3v) is 4.75. The minimum Gasteiger partial charge on any atom is -0.370 e. The summed E-state index contributed by atoms with van der Waals surface area (Å²) < 4.78 is 0. The molecule has 4 N–H and O–H groups in total. The number of carbonyl (C=O) groups is 1. The Morgan fingerprint density at radius 2 is 2.23 bits per heavy atom. The second-order valence-electron chi connectivity index (χ2n) is 6.36. The standard InChI is InChI=1S/C18H28ClN5O.HI/c1-3-24-10-4-5-14(24)12-22-18(20)21-9-8-17(25)23-16-7-6-13(2)11-15(16)19;/h6-7,11,14H,3-5,8-10,12H2,1-2H3,(H,23,25)(H3,20,21,22);1H. The molecule has 1 aromatic carbocycles. The van der Waals surface area contributed by atoms with Crippen molar-refractivity contribution < 1.29 is 4.79 Å². The lowest BCUT2D eigenvalue weighted by Crippen LogP contribution is -2.36. The van der Waals surface area contributed by atoms with E-state index in [1.807, 2.05) is 19.1 Å². The first kappa shape index (κ1) is 23.0. The monoisotopic (exact) mass is 493 g/mol. The molecule has 6 nitrogen and oxygen atoms in total. The fourth-order valence-corrected chi connectivity index (χ4v) is 3.30. The van der Waals surface area contributed by atoms with Gasteiger partial charge in [-0.05, 0) is 50.6 Å². The molecule has 26 heavy (non-hydrogen) atoms. The molecular weight excluding hydrogens is 465 g/mol. The first-order chi connectivity index (χ1) is 12.0. The normalized spacial score (nSPS) is 17.7. The number of likely N-dealkylation sites (tertiary alicyclic amines) is 1. The van der Waals surface area contributed by atoms with Crippen LogP contribution in [-0.2, 0) is 4.79 Å². The van der Waals surface area contributed by atoms with Crippen molar-refractivity contribution >= 4 is 53.1 Å². The topological polar surface area (TPSA) is 82.8 Å². The van der Waals surface area contributed by atoms with Crippen LogP contribution < -0.4 is 16.4 Å². The van der Waals surface area contributed by atoms with Gasteiger partial charge in [0.25, 0.3) is 0 Å². The van der Waals surface area contributed by atoms with E-state index < -0.39 is 0 Å². The van der Waals surface area contributed by atoms with Gasteiger partial charge in [-0.15, -0.1) is 24.0 Å². The van der Waals surface area contributed by atoms with Gasteiger partial charge < -0.3 is 16.4 Å². The third kappa shape index (κ3) is 7.28. The van der Waals surface area contributed by atoms with Crippen molar-refractivity contribution in [2.75, 3.05) is 31.5 Å². The van der Waals surface area contributed by atoms with Gasteiger partial charge in [0.05, 0.1) is 17.3 Å². The van der Waals surface area contributed by atoms with Crippen molar-refractivity contribution in [3.8, 4) is 0 Å². The summed E-state index contributed by atoms with van der Waals surface area (Å²) in [6.45, 7) is 7.46. The second-order valence-corrected chi connectivity index (χ2v) is 6.77. The number of benzene rings is 1. The van der Waals surface area contributed by atoms with E-state index in [1.165, 1.54) is 12.8 Å². The number of amides is 1. The first-order valence-electron chi connectivity index (χ1n) is 8.83. The van der Waals surface area contributed by atoms with Crippen molar-refractivity contribution in [3.05, 3.63) is 28.8 Å². The summed E-state index contributed by atoms with van der Waals surface area (Å²) in [5, 5.41) is 6.34. The van der Waals surface area contributed by atoms with Gasteiger partial charge in [-0.2, -0.15) is 0 Å². The third-order valence-electron chi connectivity index (χ3n) is 4.43. The van der Waals surface area contributed by atoms with E-state index in [9.17, 15) is 4.79 Å². The molecule has 1 amide bonds. The van der Waals surface area contributed by atoms with Crippen LogP contribution in [0.4, 0.5) is 5.69 Å². The minimum absolute atomic E-state index is 0. The number of likely N-dealkylation sites (N-methyl/N-ethyl adjacent to an activating group) is 1. The highest BCUT2D eigenvalue weighted by Gasteiger charge is 2.22. The van der Waals surface area contributed by atoms with E-state index >= 15 is 0 Å². The van der Waals surface area contributed by atoms with Gasteiger partial charge >= 0.3 is 0 Å². The Hall–Kier alpha value is -1.06. The van der Waals surface area contributed by atoms with E-state index in [0.29, 0.717) is 42.2 Å². The Kier molecular flexibility index (Phi) is 10.3. The van der Waals surface area contributed by atoms with Crippen LogP contribution in [0.5, 0.6) is 0 Å². The highest BCUT2D eigenvalue weighted by Crippen LogP contribution is 2.22. The van der Waals surface area contributed by atoms with E-state index in [0.717, 1.165) is 18.7 Å². The van der Waals surface area contributed by atoms with Gasteiger partial charge in [0.2, 0.25) is 5.91 Å². The molecule has 1 unspecified atom stereocenters. The maximum atomic E-state index is 12.0. The summed E-state index contributed by atoms with van der Waals surface area (Å²) >= 11 is 6.11. The molecule has 1 atom stereocenters. The molecule has 0 aliphatic carbocycles. The average molecular weight is 494 g/mol. The Labute approximate surface area is 178 Å². The number of guanidine groups is 1. The van der Waals surface area contributed by atoms with Crippen molar-refractivity contribution in [1.29, 1.82) is 0 Å². The van der Waals surface area contributed by atoms with Gasteiger partial charge in [0.15, 0.2) is 5.96 Å². The number of hydrogen-bond acceptors (Lipinski definition) is 3. The van der Waals surface area contributed by atoms with Crippen molar-refractivity contribution in [3.63, 3.8) is 0 Å². The van der Waals surface area contributed by atoms with Gasteiger partial charge in [-0.25, -0.2) is 0 Å². The van der Waals surface area contributed by atoms with E-state index in [1.54, 1.807) is 6.07 Å². The molecule has 1 heterocycles. The summed E-state index contributed by atoms with van der Waals surface area (Å²) in [5.74, 6) is 0.281. The summed E-state index contributed by atoms with van der Waals surface area (Å²) in [5.41, 5.74) is 7.56. The van der Waals surface area contributed by atoms with Crippen LogP contribution in [0.15, 0.2) is 23.2 Å². The highest BCUT2D eigenvalue weighted by atomic mass is 127. The molecule has 0 spiro atoms. The Bertz CT molecular complexity index is 626. The van der Waals surface area contributed by atoms with Crippen LogP contribution in [0.2, 0.25) is 5.02 Å². The SMILES string of the molecule is CCN1CCCC1CN=C(N)NCCC(=O)Nc1ccc(C)cc1Cl.I. The lowest BCUT2D eigenvalue weighted by atomic mass is 10.2. The molecule has 0 radical (unpaired) electrons. The molecule has 1 fully saturated rings. The number of aliphatic imine (C=N–C) groups is 1. The predicted molar refractivity (Wildman–Crippen MR) is 120 cm³/mol. The number of rotatable bonds is 7. The molecule has 8 heteroatoms. The number of carbonyl (C=O) groups excluding carboxylic acids is 1. The molecule has 0 bridgehead atoms. The number of aryl methyl sites for hydroxylation is 1.